The number of hydrogen-bond acceptors (Lipinski definition) is 3. The van der Waals surface area contributed by atoms with Gasteiger partial charge in [-0.25, -0.2) is 0 Å². The zero-order chi connectivity index (χ0) is 17.9. The quantitative estimate of drug-likeness (QED) is 0.755. The van der Waals surface area contributed by atoms with E-state index in [0.29, 0.717) is 12.8 Å². The Hall–Kier alpha value is -2.04. The van der Waals surface area contributed by atoms with E-state index in [9.17, 15) is 9.59 Å². The molecule has 1 fully saturated rings. The summed E-state index contributed by atoms with van der Waals surface area (Å²) in [5, 5.41) is 5.81. The molecule has 1 aromatic rings. The Morgan fingerprint density at radius 3 is 2.25 bits per heavy atom. The Morgan fingerprint density at radius 2 is 1.79 bits per heavy atom. The summed E-state index contributed by atoms with van der Waals surface area (Å²) in [5.41, 5.74) is 2.05. The van der Waals surface area contributed by atoms with Gasteiger partial charge in [-0.2, -0.15) is 0 Å². The minimum Gasteiger partial charge on any atom is -0.372 e. The molecule has 0 spiro atoms. The highest BCUT2D eigenvalue weighted by Gasteiger charge is 2.56. The van der Waals surface area contributed by atoms with E-state index < -0.39 is 5.41 Å². The van der Waals surface area contributed by atoms with Gasteiger partial charge in [-0.15, -0.1) is 0 Å². The Labute approximate surface area is 144 Å². The first-order valence-corrected chi connectivity index (χ1v) is 8.82. The van der Waals surface area contributed by atoms with Gasteiger partial charge < -0.3 is 15.5 Å². The smallest absolute Gasteiger partial charge is 0.240 e. The molecule has 0 atom stereocenters. The van der Waals surface area contributed by atoms with Crippen molar-refractivity contribution >= 4 is 23.2 Å². The van der Waals surface area contributed by atoms with Gasteiger partial charge >= 0.3 is 0 Å². The van der Waals surface area contributed by atoms with E-state index in [1.54, 1.807) is 0 Å². The highest BCUT2D eigenvalue weighted by Crippen LogP contribution is 2.47. The second-order valence-corrected chi connectivity index (χ2v) is 6.84. The molecule has 0 heterocycles. The van der Waals surface area contributed by atoms with Crippen molar-refractivity contribution < 1.29 is 9.59 Å². The van der Waals surface area contributed by atoms with Crippen molar-refractivity contribution in [2.24, 2.45) is 5.41 Å². The number of anilines is 2. The third-order valence-corrected chi connectivity index (χ3v) is 4.63. The van der Waals surface area contributed by atoms with Gasteiger partial charge in [0.25, 0.3) is 0 Å². The monoisotopic (exact) mass is 331 g/mol. The van der Waals surface area contributed by atoms with Crippen molar-refractivity contribution in [1.82, 2.24) is 5.32 Å². The Kier molecular flexibility index (Phi) is 5.52. The topological polar surface area (TPSA) is 61.4 Å². The van der Waals surface area contributed by atoms with Crippen LogP contribution in [0.2, 0.25) is 0 Å². The van der Waals surface area contributed by atoms with Gasteiger partial charge in [-0.3, -0.25) is 9.59 Å². The maximum absolute atomic E-state index is 12.6. The minimum atomic E-state index is -0.881. The van der Waals surface area contributed by atoms with E-state index in [2.05, 4.69) is 35.4 Å². The van der Waals surface area contributed by atoms with Crippen LogP contribution >= 0.6 is 0 Å². The summed E-state index contributed by atoms with van der Waals surface area (Å²) < 4.78 is 0. The molecule has 1 aliphatic carbocycles. The van der Waals surface area contributed by atoms with E-state index in [-0.39, 0.29) is 17.9 Å². The summed E-state index contributed by atoms with van der Waals surface area (Å²) in [6.45, 7) is 11.9. The third kappa shape index (κ3) is 3.71. The molecule has 2 amide bonds. The molecular weight excluding hydrogens is 302 g/mol. The summed E-state index contributed by atoms with van der Waals surface area (Å²) in [7, 11) is 0. The molecule has 0 unspecified atom stereocenters. The van der Waals surface area contributed by atoms with E-state index in [4.69, 9.17) is 0 Å². The molecule has 2 rings (SSSR count). The molecule has 0 radical (unpaired) electrons. The van der Waals surface area contributed by atoms with Gasteiger partial charge in [0.2, 0.25) is 11.8 Å². The van der Waals surface area contributed by atoms with Gasteiger partial charge in [0.05, 0.1) is 0 Å². The molecular formula is C19H29N3O2. The van der Waals surface area contributed by atoms with Gasteiger partial charge in [-0.1, -0.05) is 0 Å². The third-order valence-electron chi connectivity index (χ3n) is 4.63. The van der Waals surface area contributed by atoms with Gasteiger partial charge in [-0.05, 0) is 71.2 Å². The zero-order valence-electron chi connectivity index (χ0n) is 15.4. The summed E-state index contributed by atoms with van der Waals surface area (Å²) in [5.74, 6) is -0.355. The number of carbonyl (C=O) groups excluding carboxylic acids is 2. The number of hydrogen-bond donors (Lipinski definition) is 2. The first-order chi connectivity index (χ1) is 11.3. The van der Waals surface area contributed by atoms with Gasteiger partial charge in [0.15, 0.2) is 0 Å². The number of amides is 2. The van der Waals surface area contributed by atoms with E-state index in [1.165, 1.54) is 0 Å². The molecule has 5 nitrogen and oxygen atoms in total. The predicted molar refractivity (Wildman–Crippen MR) is 98.3 cm³/mol. The zero-order valence-corrected chi connectivity index (χ0v) is 15.4. The van der Waals surface area contributed by atoms with Crippen molar-refractivity contribution in [3.05, 3.63) is 23.8 Å². The molecule has 24 heavy (non-hydrogen) atoms. The largest absolute Gasteiger partial charge is 0.372 e. The average molecular weight is 331 g/mol. The molecule has 2 N–H and O–H groups in total. The van der Waals surface area contributed by atoms with Gasteiger partial charge in [0.1, 0.15) is 5.41 Å². The second kappa shape index (κ2) is 7.24. The Balaban J connectivity index is 2.11. The lowest BCUT2D eigenvalue weighted by molar-refractivity contribution is -0.134. The van der Waals surface area contributed by atoms with Gasteiger partial charge in [0, 0.05) is 30.5 Å². The van der Waals surface area contributed by atoms with Crippen molar-refractivity contribution in [2.75, 3.05) is 23.3 Å². The number of nitrogens with one attached hydrogen (secondary N) is 2. The van der Waals surface area contributed by atoms with Crippen LogP contribution in [-0.2, 0) is 9.59 Å². The van der Waals surface area contributed by atoms with Crippen LogP contribution in [0.5, 0.6) is 0 Å². The predicted octanol–water partition coefficient (Wildman–Crippen LogP) is 3.08. The van der Waals surface area contributed by atoms with Crippen molar-refractivity contribution in [1.29, 1.82) is 0 Å². The lowest BCUT2D eigenvalue weighted by Crippen LogP contribution is -2.42. The second-order valence-electron chi connectivity index (χ2n) is 6.84. The fraction of sp³-hybridized carbons (Fsp3) is 0.579. The van der Waals surface area contributed by atoms with Crippen LogP contribution in [-0.4, -0.2) is 30.9 Å². The first kappa shape index (κ1) is 18.3. The standard InChI is InChI=1S/C19H29N3O2/c1-6-22(7-2)15-8-9-16(14(5)12-15)21-18(24)19(10-11-19)17(23)20-13(3)4/h8-9,12-13H,6-7,10-11H2,1-5H3,(H,20,23)(H,21,24). The van der Waals surface area contributed by atoms with Crippen molar-refractivity contribution in [3.63, 3.8) is 0 Å². The highest BCUT2D eigenvalue weighted by atomic mass is 16.2. The maximum Gasteiger partial charge on any atom is 0.240 e. The summed E-state index contributed by atoms with van der Waals surface area (Å²) >= 11 is 0. The number of benzene rings is 1. The Morgan fingerprint density at radius 1 is 1.17 bits per heavy atom. The van der Waals surface area contributed by atoms with Crippen molar-refractivity contribution in [2.45, 2.75) is 53.5 Å². The van der Waals surface area contributed by atoms with E-state index >= 15 is 0 Å². The molecule has 132 valence electrons. The van der Waals surface area contributed by atoms with Crippen LogP contribution in [0, 0.1) is 12.3 Å². The van der Waals surface area contributed by atoms with E-state index in [1.807, 2.05) is 32.9 Å². The lowest BCUT2D eigenvalue weighted by atomic mass is 10.0. The maximum atomic E-state index is 12.6. The fourth-order valence-electron chi connectivity index (χ4n) is 2.90. The summed E-state index contributed by atoms with van der Waals surface area (Å²) in [4.78, 5) is 27.2. The lowest BCUT2D eigenvalue weighted by Gasteiger charge is -2.23. The molecule has 1 aromatic carbocycles. The molecule has 0 saturated heterocycles. The van der Waals surface area contributed by atoms with Crippen LogP contribution in [0.15, 0.2) is 18.2 Å². The number of aryl methyl sites for hydroxylation is 1. The van der Waals surface area contributed by atoms with Crippen LogP contribution in [0.3, 0.4) is 0 Å². The van der Waals surface area contributed by atoms with Crippen LogP contribution < -0.4 is 15.5 Å². The SMILES string of the molecule is CCN(CC)c1ccc(NC(=O)C2(C(=O)NC(C)C)CC2)c(C)c1. The van der Waals surface area contributed by atoms with Crippen LogP contribution in [0.4, 0.5) is 11.4 Å². The number of carbonyl (C=O) groups is 2. The highest BCUT2D eigenvalue weighted by molar-refractivity contribution is 6.13. The van der Waals surface area contributed by atoms with E-state index in [0.717, 1.165) is 30.0 Å². The van der Waals surface area contributed by atoms with Crippen LogP contribution in [0.1, 0.15) is 46.1 Å². The molecule has 0 aromatic heterocycles. The number of nitrogens with zero attached hydrogens (tertiary/aromatic N) is 1. The Bertz CT molecular complexity index is 617. The summed E-state index contributed by atoms with van der Waals surface area (Å²) in [6, 6.07) is 6.06. The molecule has 0 aliphatic heterocycles. The molecule has 0 bridgehead atoms. The minimum absolute atomic E-state index is 0.0397. The molecule has 5 heteroatoms. The van der Waals surface area contributed by atoms with Crippen LogP contribution in [0.25, 0.3) is 0 Å². The van der Waals surface area contributed by atoms with Crippen molar-refractivity contribution in [3.8, 4) is 0 Å². The average Bonchev–Trinajstić information content (AvgIpc) is 3.32. The summed E-state index contributed by atoms with van der Waals surface area (Å²) in [6.07, 6.45) is 1.24. The first-order valence-electron chi connectivity index (χ1n) is 8.82. The fourth-order valence-corrected chi connectivity index (χ4v) is 2.90. The number of rotatable bonds is 7. The normalized spacial score (nSPS) is 15.1. The molecule has 1 aliphatic rings. The molecule has 1 saturated carbocycles.